The van der Waals surface area contributed by atoms with E-state index in [2.05, 4.69) is 51.1 Å². The SMILES string of the molecule is CC(C)(C)CCc1ccccc1.CC(C)C(=O)c1ccccc1. The molecule has 124 valence electrons. The van der Waals surface area contributed by atoms with Crippen molar-refractivity contribution in [3.05, 3.63) is 71.8 Å². The highest BCUT2D eigenvalue weighted by atomic mass is 16.1. The van der Waals surface area contributed by atoms with E-state index in [9.17, 15) is 4.79 Å². The van der Waals surface area contributed by atoms with Gasteiger partial charge in [-0.3, -0.25) is 4.79 Å². The number of aryl methyl sites for hydroxylation is 1. The summed E-state index contributed by atoms with van der Waals surface area (Å²) < 4.78 is 0. The summed E-state index contributed by atoms with van der Waals surface area (Å²) >= 11 is 0. The van der Waals surface area contributed by atoms with Gasteiger partial charge in [0.25, 0.3) is 0 Å². The van der Waals surface area contributed by atoms with E-state index in [0.717, 1.165) is 5.56 Å². The lowest BCUT2D eigenvalue weighted by Gasteiger charge is -2.17. The van der Waals surface area contributed by atoms with Crippen LogP contribution in [0.1, 0.15) is 57.0 Å². The summed E-state index contributed by atoms with van der Waals surface area (Å²) in [6.45, 7) is 10.7. The second-order valence-corrected chi connectivity index (χ2v) is 7.43. The third kappa shape index (κ3) is 8.35. The second-order valence-electron chi connectivity index (χ2n) is 7.43. The molecule has 0 aliphatic heterocycles. The first-order valence-electron chi connectivity index (χ1n) is 8.43. The molecule has 0 atom stereocenters. The quantitative estimate of drug-likeness (QED) is 0.615. The summed E-state index contributed by atoms with van der Waals surface area (Å²) in [5.74, 6) is 0.308. The summed E-state index contributed by atoms with van der Waals surface area (Å²) in [6.07, 6.45) is 2.46. The molecule has 23 heavy (non-hydrogen) atoms. The Morgan fingerprint density at radius 1 is 0.870 bits per heavy atom. The highest BCUT2D eigenvalue weighted by molar-refractivity contribution is 5.97. The van der Waals surface area contributed by atoms with Gasteiger partial charge in [-0.2, -0.15) is 0 Å². The minimum atomic E-state index is 0.0948. The van der Waals surface area contributed by atoms with Gasteiger partial charge in [-0.15, -0.1) is 0 Å². The molecule has 1 heteroatoms. The second kappa shape index (κ2) is 9.29. The monoisotopic (exact) mass is 310 g/mol. The van der Waals surface area contributed by atoms with Crippen LogP contribution in [0, 0.1) is 11.3 Å². The van der Waals surface area contributed by atoms with Gasteiger partial charge in [-0.1, -0.05) is 95.3 Å². The summed E-state index contributed by atoms with van der Waals surface area (Å²) in [5, 5.41) is 0. The largest absolute Gasteiger partial charge is 0.294 e. The fourth-order valence-electron chi connectivity index (χ4n) is 2.10. The first-order valence-corrected chi connectivity index (χ1v) is 8.43. The van der Waals surface area contributed by atoms with Gasteiger partial charge in [0.1, 0.15) is 0 Å². The van der Waals surface area contributed by atoms with Crippen molar-refractivity contribution in [2.24, 2.45) is 11.3 Å². The van der Waals surface area contributed by atoms with Crippen LogP contribution in [-0.2, 0) is 6.42 Å². The Hall–Kier alpha value is -1.89. The van der Waals surface area contributed by atoms with Gasteiger partial charge in [-0.25, -0.2) is 0 Å². The smallest absolute Gasteiger partial charge is 0.165 e. The third-order valence-corrected chi connectivity index (χ3v) is 3.59. The van der Waals surface area contributed by atoms with E-state index >= 15 is 0 Å². The van der Waals surface area contributed by atoms with Gasteiger partial charge in [0.2, 0.25) is 0 Å². The van der Waals surface area contributed by atoms with Crippen LogP contribution >= 0.6 is 0 Å². The molecule has 0 bridgehead atoms. The van der Waals surface area contributed by atoms with E-state index in [1.807, 2.05) is 44.2 Å². The molecule has 0 amide bonds. The maximum absolute atomic E-state index is 11.3. The van der Waals surface area contributed by atoms with Crippen molar-refractivity contribution in [3.63, 3.8) is 0 Å². The lowest BCUT2D eigenvalue weighted by atomic mass is 9.89. The molecule has 2 rings (SSSR count). The summed E-state index contributed by atoms with van der Waals surface area (Å²) in [6, 6.07) is 20.1. The predicted molar refractivity (Wildman–Crippen MR) is 99.8 cm³/mol. The standard InChI is InChI=1S/C12H18.C10H12O/c1-12(2,3)10-9-11-7-5-4-6-8-11;1-8(2)10(11)9-6-4-3-5-7-9/h4-8H,9-10H2,1-3H3;3-8H,1-2H3. The molecule has 0 aromatic heterocycles. The normalized spacial score (nSPS) is 10.9. The Bertz CT molecular complexity index is 562. The molecule has 0 unspecified atom stereocenters. The lowest BCUT2D eigenvalue weighted by molar-refractivity contribution is 0.0939. The van der Waals surface area contributed by atoms with Crippen molar-refractivity contribution in [2.45, 2.75) is 47.5 Å². The maximum atomic E-state index is 11.3. The van der Waals surface area contributed by atoms with Crippen molar-refractivity contribution in [3.8, 4) is 0 Å². The highest BCUT2D eigenvalue weighted by Gasteiger charge is 2.09. The molecule has 0 aliphatic rings. The summed E-state index contributed by atoms with van der Waals surface area (Å²) in [5.41, 5.74) is 2.71. The van der Waals surface area contributed by atoms with E-state index in [0.29, 0.717) is 5.41 Å². The van der Waals surface area contributed by atoms with Crippen LogP contribution in [0.5, 0.6) is 0 Å². The zero-order valence-corrected chi connectivity index (χ0v) is 15.2. The fourth-order valence-corrected chi connectivity index (χ4v) is 2.10. The van der Waals surface area contributed by atoms with Crippen LogP contribution < -0.4 is 0 Å². The number of ketones is 1. The number of rotatable bonds is 4. The van der Waals surface area contributed by atoms with Crippen LogP contribution in [-0.4, -0.2) is 5.78 Å². The first kappa shape index (κ1) is 19.2. The number of hydrogen-bond donors (Lipinski definition) is 0. The highest BCUT2D eigenvalue weighted by Crippen LogP contribution is 2.21. The molecular formula is C22H30O. The lowest BCUT2D eigenvalue weighted by Crippen LogP contribution is -2.06. The fraction of sp³-hybridized carbons (Fsp3) is 0.409. The molecule has 0 saturated heterocycles. The first-order chi connectivity index (χ1) is 10.8. The molecule has 0 saturated carbocycles. The Morgan fingerprint density at radius 3 is 1.78 bits per heavy atom. The molecule has 0 fully saturated rings. The van der Waals surface area contributed by atoms with Gasteiger partial charge < -0.3 is 0 Å². The number of carbonyl (C=O) groups excluding carboxylic acids is 1. The van der Waals surface area contributed by atoms with Gasteiger partial charge >= 0.3 is 0 Å². The minimum absolute atomic E-state index is 0.0948. The van der Waals surface area contributed by atoms with Gasteiger partial charge in [-0.05, 0) is 23.8 Å². The summed E-state index contributed by atoms with van der Waals surface area (Å²) in [7, 11) is 0. The average Bonchev–Trinajstić information content (AvgIpc) is 2.54. The zero-order chi connectivity index (χ0) is 17.3. The third-order valence-electron chi connectivity index (χ3n) is 3.59. The van der Waals surface area contributed by atoms with Gasteiger partial charge in [0.15, 0.2) is 5.78 Å². The number of benzene rings is 2. The molecular weight excluding hydrogens is 280 g/mol. The molecule has 0 spiro atoms. The van der Waals surface area contributed by atoms with Crippen molar-refractivity contribution in [1.29, 1.82) is 0 Å². The minimum Gasteiger partial charge on any atom is -0.294 e. The Labute approximate surface area is 141 Å². The molecule has 0 radical (unpaired) electrons. The van der Waals surface area contributed by atoms with Crippen LogP contribution in [0.15, 0.2) is 60.7 Å². The summed E-state index contributed by atoms with van der Waals surface area (Å²) in [4.78, 5) is 11.3. The maximum Gasteiger partial charge on any atom is 0.165 e. The van der Waals surface area contributed by atoms with Crippen molar-refractivity contribution < 1.29 is 4.79 Å². The average molecular weight is 310 g/mol. The molecule has 0 N–H and O–H groups in total. The Kier molecular flexibility index (Phi) is 7.74. The Morgan fingerprint density at radius 2 is 1.35 bits per heavy atom. The van der Waals surface area contributed by atoms with Crippen LogP contribution in [0.25, 0.3) is 0 Å². The molecule has 2 aromatic rings. The van der Waals surface area contributed by atoms with Crippen molar-refractivity contribution in [1.82, 2.24) is 0 Å². The van der Waals surface area contributed by atoms with Crippen molar-refractivity contribution >= 4 is 5.78 Å². The zero-order valence-electron chi connectivity index (χ0n) is 15.2. The van der Waals surface area contributed by atoms with E-state index in [4.69, 9.17) is 0 Å². The predicted octanol–water partition coefficient (Wildman–Crippen LogP) is 6.19. The molecule has 0 heterocycles. The molecule has 0 aliphatic carbocycles. The van der Waals surface area contributed by atoms with Crippen LogP contribution in [0.4, 0.5) is 0 Å². The van der Waals surface area contributed by atoms with E-state index in [1.165, 1.54) is 18.4 Å². The number of carbonyl (C=O) groups is 1. The van der Waals surface area contributed by atoms with E-state index in [1.54, 1.807) is 0 Å². The topological polar surface area (TPSA) is 17.1 Å². The number of Topliss-reactive ketones (excluding diaryl/α,β-unsaturated/α-hetero) is 1. The van der Waals surface area contributed by atoms with Gasteiger partial charge in [0, 0.05) is 11.5 Å². The van der Waals surface area contributed by atoms with Crippen LogP contribution in [0.3, 0.4) is 0 Å². The number of hydrogen-bond acceptors (Lipinski definition) is 1. The van der Waals surface area contributed by atoms with Crippen molar-refractivity contribution in [2.75, 3.05) is 0 Å². The Balaban J connectivity index is 0.000000231. The molecule has 2 aromatic carbocycles. The van der Waals surface area contributed by atoms with Crippen LogP contribution in [0.2, 0.25) is 0 Å². The van der Waals surface area contributed by atoms with E-state index < -0.39 is 0 Å². The van der Waals surface area contributed by atoms with Gasteiger partial charge in [0.05, 0.1) is 0 Å². The molecule has 1 nitrogen and oxygen atoms in total. The van der Waals surface area contributed by atoms with E-state index in [-0.39, 0.29) is 11.7 Å².